The molecule has 2 unspecified atom stereocenters. The Hall–Kier alpha value is -0.180. The second-order valence-corrected chi connectivity index (χ2v) is 5.12. The van der Waals surface area contributed by atoms with E-state index in [4.69, 9.17) is 11.6 Å². The molecule has 0 radical (unpaired) electrons. The summed E-state index contributed by atoms with van der Waals surface area (Å²) in [6.45, 7) is 2.21. The maximum Gasteiger partial charge on any atom is 0.0452 e. The van der Waals surface area contributed by atoms with Crippen LogP contribution in [0, 0.1) is 0 Å². The fourth-order valence-electron chi connectivity index (χ4n) is 1.86. The third kappa shape index (κ3) is 1.67. The number of benzene rings is 1. The standard InChI is InChI=1S/C11H14ClNS/c1-7(13-2)8-6-14-10-5-3-4-9(12)11(8)10/h3-5,7-8,13H,6H2,1-2H3. The lowest BCUT2D eigenvalue weighted by atomic mass is 9.94. The zero-order valence-electron chi connectivity index (χ0n) is 8.38. The summed E-state index contributed by atoms with van der Waals surface area (Å²) in [4.78, 5) is 1.35. The van der Waals surface area contributed by atoms with Crippen molar-refractivity contribution in [3.8, 4) is 0 Å². The lowest BCUT2D eigenvalue weighted by molar-refractivity contribution is 0.531. The Kier molecular flexibility index (Phi) is 3.05. The Morgan fingerprint density at radius 1 is 1.57 bits per heavy atom. The number of thioether (sulfide) groups is 1. The molecule has 14 heavy (non-hydrogen) atoms. The molecular weight excluding hydrogens is 214 g/mol. The van der Waals surface area contributed by atoms with Crippen LogP contribution in [-0.2, 0) is 0 Å². The van der Waals surface area contributed by atoms with Gasteiger partial charge in [-0.2, -0.15) is 0 Å². The Morgan fingerprint density at radius 3 is 3.07 bits per heavy atom. The number of rotatable bonds is 2. The van der Waals surface area contributed by atoms with Crippen molar-refractivity contribution >= 4 is 23.4 Å². The number of halogens is 1. The molecule has 0 amide bonds. The Labute approximate surface area is 94.2 Å². The highest BCUT2D eigenvalue weighted by Crippen LogP contribution is 2.44. The fraction of sp³-hybridized carbons (Fsp3) is 0.455. The van der Waals surface area contributed by atoms with E-state index in [0.717, 1.165) is 10.8 Å². The summed E-state index contributed by atoms with van der Waals surface area (Å²) in [7, 11) is 2.00. The van der Waals surface area contributed by atoms with Gasteiger partial charge in [0.2, 0.25) is 0 Å². The molecular formula is C11H14ClNS. The van der Waals surface area contributed by atoms with Crippen molar-refractivity contribution in [2.75, 3.05) is 12.8 Å². The van der Waals surface area contributed by atoms with Crippen LogP contribution >= 0.6 is 23.4 Å². The minimum absolute atomic E-state index is 0.489. The first-order valence-electron chi connectivity index (χ1n) is 4.82. The predicted molar refractivity (Wildman–Crippen MR) is 63.4 cm³/mol. The number of likely N-dealkylation sites (N-methyl/N-ethyl adjacent to an activating group) is 1. The van der Waals surface area contributed by atoms with Crippen LogP contribution in [0.15, 0.2) is 23.1 Å². The zero-order chi connectivity index (χ0) is 10.1. The van der Waals surface area contributed by atoms with Crippen molar-refractivity contribution in [2.24, 2.45) is 0 Å². The molecule has 0 saturated carbocycles. The molecule has 0 saturated heterocycles. The number of hydrogen-bond acceptors (Lipinski definition) is 2. The SMILES string of the molecule is CNC(C)C1CSc2cccc(Cl)c21. The van der Waals surface area contributed by atoms with E-state index in [-0.39, 0.29) is 0 Å². The molecule has 1 heterocycles. The smallest absolute Gasteiger partial charge is 0.0452 e. The van der Waals surface area contributed by atoms with Crippen molar-refractivity contribution in [3.63, 3.8) is 0 Å². The summed E-state index contributed by atoms with van der Waals surface area (Å²) in [6.07, 6.45) is 0. The van der Waals surface area contributed by atoms with Gasteiger partial charge in [0.1, 0.15) is 0 Å². The van der Waals surface area contributed by atoms with Gasteiger partial charge in [-0.05, 0) is 31.7 Å². The number of hydrogen-bond donors (Lipinski definition) is 1. The zero-order valence-corrected chi connectivity index (χ0v) is 9.95. The van der Waals surface area contributed by atoms with Crippen LogP contribution in [-0.4, -0.2) is 18.8 Å². The van der Waals surface area contributed by atoms with E-state index in [9.17, 15) is 0 Å². The predicted octanol–water partition coefficient (Wildman–Crippen LogP) is 3.14. The molecule has 1 aliphatic heterocycles. The summed E-state index contributed by atoms with van der Waals surface area (Å²) < 4.78 is 0. The molecule has 1 nitrogen and oxygen atoms in total. The summed E-state index contributed by atoms with van der Waals surface area (Å²) in [5.41, 5.74) is 1.33. The molecule has 2 atom stereocenters. The van der Waals surface area contributed by atoms with Gasteiger partial charge in [0.25, 0.3) is 0 Å². The molecule has 0 aromatic heterocycles. The lowest BCUT2D eigenvalue weighted by Gasteiger charge is -2.19. The van der Waals surface area contributed by atoms with Gasteiger partial charge in [0.15, 0.2) is 0 Å². The van der Waals surface area contributed by atoms with Gasteiger partial charge in [0.05, 0.1) is 0 Å². The lowest BCUT2D eigenvalue weighted by Crippen LogP contribution is -2.29. The molecule has 1 aromatic carbocycles. The summed E-state index contributed by atoms with van der Waals surface area (Å²) in [5.74, 6) is 1.69. The normalized spacial score (nSPS) is 22.1. The Morgan fingerprint density at radius 2 is 2.36 bits per heavy atom. The fourth-order valence-corrected chi connectivity index (χ4v) is 3.64. The second kappa shape index (κ2) is 4.13. The van der Waals surface area contributed by atoms with Crippen LogP contribution in [0.1, 0.15) is 18.4 Å². The molecule has 0 fully saturated rings. The van der Waals surface area contributed by atoms with Crippen LogP contribution in [0.25, 0.3) is 0 Å². The van der Waals surface area contributed by atoms with Crippen LogP contribution < -0.4 is 5.32 Å². The molecule has 1 aliphatic rings. The molecule has 0 bridgehead atoms. The Balaban J connectivity index is 2.38. The van der Waals surface area contributed by atoms with Gasteiger partial charge in [-0.25, -0.2) is 0 Å². The minimum Gasteiger partial charge on any atom is -0.317 e. The van der Waals surface area contributed by atoms with Gasteiger partial charge in [-0.15, -0.1) is 11.8 Å². The van der Waals surface area contributed by atoms with Gasteiger partial charge in [-0.1, -0.05) is 17.7 Å². The minimum atomic E-state index is 0.489. The first-order chi connectivity index (χ1) is 6.74. The van der Waals surface area contributed by atoms with Crippen LogP contribution in [0.2, 0.25) is 5.02 Å². The van der Waals surface area contributed by atoms with Crippen molar-refractivity contribution in [1.29, 1.82) is 0 Å². The monoisotopic (exact) mass is 227 g/mol. The van der Waals surface area contributed by atoms with Crippen LogP contribution in [0.3, 0.4) is 0 Å². The second-order valence-electron chi connectivity index (χ2n) is 3.65. The van der Waals surface area contributed by atoms with Crippen LogP contribution in [0.5, 0.6) is 0 Å². The molecule has 1 N–H and O–H groups in total. The first-order valence-corrected chi connectivity index (χ1v) is 6.19. The highest BCUT2D eigenvalue weighted by atomic mass is 35.5. The van der Waals surface area contributed by atoms with Gasteiger partial charge >= 0.3 is 0 Å². The number of fused-ring (bicyclic) bond motifs is 1. The third-order valence-electron chi connectivity index (χ3n) is 2.86. The summed E-state index contributed by atoms with van der Waals surface area (Å²) >= 11 is 8.13. The molecule has 76 valence electrons. The maximum atomic E-state index is 6.22. The van der Waals surface area contributed by atoms with Gasteiger partial charge in [-0.3, -0.25) is 0 Å². The highest BCUT2D eigenvalue weighted by Gasteiger charge is 2.28. The average molecular weight is 228 g/mol. The van der Waals surface area contributed by atoms with E-state index in [0.29, 0.717) is 12.0 Å². The number of nitrogens with one attached hydrogen (secondary N) is 1. The average Bonchev–Trinajstić information content (AvgIpc) is 2.62. The molecule has 0 aliphatic carbocycles. The maximum absolute atomic E-state index is 6.22. The largest absolute Gasteiger partial charge is 0.317 e. The van der Waals surface area contributed by atoms with Gasteiger partial charge < -0.3 is 5.32 Å². The van der Waals surface area contributed by atoms with Crippen molar-refractivity contribution in [3.05, 3.63) is 28.8 Å². The van der Waals surface area contributed by atoms with E-state index in [1.165, 1.54) is 10.5 Å². The molecule has 1 aromatic rings. The molecule has 3 heteroatoms. The Bertz CT molecular complexity index is 340. The van der Waals surface area contributed by atoms with Crippen molar-refractivity contribution in [2.45, 2.75) is 23.8 Å². The summed E-state index contributed by atoms with van der Waals surface area (Å²) in [6, 6.07) is 6.67. The summed E-state index contributed by atoms with van der Waals surface area (Å²) in [5, 5.41) is 4.22. The highest BCUT2D eigenvalue weighted by molar-refractivity contribution is 7.99. The van der Waals surface area contributed by atoms with Crippen LogP contribution in [0.4, 0.5) is 0 Å². The van der Waals surface area contributed by atoms with E-state index < -0.39 is 0 Å². The quantitative estimate of drug-likeness (QED) is 0.833. The van der Waals surface area contributed by atoms with Crippen molar-refractivity contribution in [1.82, 2.24) is 5.32 Å². The van der Waals surface area contributed by atoms with E-state index in [1.54, 1.807) is 0 Å². The van der Waals surface area contributed by atoms with Crippen molar-refractivity contribution < 1.29 is 0 Å². The van der Waals surface area contributed by atoms with Gasteiger partial charge in [0, 0.05) is 27.6 Å². The molecule has 2 rings (SSSR count). The topological polar surface area (TPSA) is 12.0 Å². The van der Waals surface area contributed by atoms with E-state index in [1.807, 2.05) is 30.9 Å². The van der Waals surface area contributed by atoms with E-state index >= 15 is 0 Å². The molecule has 0 spiro atoms. The third-order valence-corrected chi connectivity index (χ3v) is 4.38. The van der Waals surface area contributed by atoms with E-state index in [2.05, 4.69) is 18.3 Å². The first kappa shape index (κ1) is 10.3.